The number of benzene rings is 1. The SMILES string of the molecule is COc1ccc2c(=O)[nH]c(C(F)(F)F)cc2c1. The van der Waals surface area contributed by atoms with Gasteiger partial charge in [0.2, 0.25) is 0 Å². The van der Waals surface area contributed by atoms with Crippen LogP contribution < -0.4 is 10.3 Å². The summed E-state index contributed by atoms with van der Waals surface area (Å²) in [7, 11) is 1.40. The summed E-state index contributed by atoms with van der Waals surface area (Å²) in [5, 5.41) is 0.388. The summed E-state index contributed by atoms with van der Waals surface area (Å²) in [6.07, 6.45) is -4.57. The second-order valence-electron chi connectivity index (χ2n) is 3.46. The third-order valence-corrected chi connectivity index (χ3v) is 2.36. The number of nitrogens with one attached hydrogen (secondary N) is 1. The van der Waals surface area contributed by atoms with Crippen LogP contribution in [0.2, 0.25) is 0 Å². The molecule has 1 heterocycles. The summed E-state index contributed by atoms with van der Waals surface area (Å²) < 4.78 is 42.3. The molecule has 0 amide bonds. The van der Waals surface area contributed by atoms with Crippen molar-refractivity contribution in [2.24, 2.45) is 0 Å². The quantitative estimate of drug-likeness (QED) is 0.836. The first kappa shape index (κ1) is 11.5. The van der Waals surface area contributed by atoms with Gasteiger partial charge in [0.05, 0.1) is 7.11 Å². The maximum atomic E-state index is 12.5. The van der Waals surface area contributed by atoms with Gasteiger partial charge in [-0.25, -0.2) is 0 Å². The van der Waals surface area contributed by atoms with Gasteiger partial charge in [-0.1, -0.05) is 0 Å². The minimum absolute atomic E-state index is 0.193. The van der Waals surface area contributed by atoms with E-state index in [2.05, 4.69) is 0 Å². The number of fused-ring (bicyclic) bond motifs is 1. The number of methoxy groups -OCH3 is 1. The van der Waals surface area contributed by atoms with Gasteiger partial charge in [0.1, 0.15) is 11.4 Å². The van der Waals surface area contributed by atoms with Gasteiger partial charge >= 0.3 is 6.18 Å². The number of pyridine rings is 1. The van der Waals surface area contributed by atoms with E-state index in [1.165, 1.54) is 25.3 Å². The minimum atomic E-state index is -4.57. The first-order chi connectivity index (χ1) is 7.91. The van der Waals surface area contributed by atoms with Crippen LogP contribution in [0.4, 0.5) is 13.2 Å². The van der Waals surface area contributed by atoms with Crippen LogP contribution in [0.1, 0.15) is 5.69 Å². The second kappa shape index (κ2) is 3.80. The molecule has 2 rings (SSSR count). The molecular weight excluding hydrogens is 235 g/mol. The molecule has 0 aliphatic heterocycles. The van der Waals surface area contributed by atoms with Crippen molar-refractivity contribution < 1.29 is 17.9 Å². The van der Waals surface area contributed by atoms with E-state index in [0.29, 0.717) is 5.75 Å². The van der Waals surface area contributed by atoms with Crippen molar-refractivity contribution >= 4 is 10.8 Å². The van der Waals surface area contributed by atoms with Crippen LogP contribution in [0.5, 0.6) is 5.75 Å². The highest BCUT2D eigenvalue weighted by atomic mass is 19.4. The first-order valence-electron chi connectivity index (χ1n) is 4.70. The Morgan fingerprint density at radius 3 is 2.53 bits per heavy atom. The molecule has 3 nitrogen and oxygen atoms in total. The lowest BCUT2D eigenvalue weighted by Gasteiger charge is -2.08. The summed E-state index contributed by atoms with van der Waals surface area (Å²) >= 11 is 0. The summed E-state index contributed by atoms with van der Waals surface area (Å²) in [6, 6.07) is 5.22. The molecular formula is C11H8F3NO2. The van der Waals surface area contributed by atoms with Gasteiger partial charge in [0, 0.05) is 5.39 Å². The second-order valence-corrected chi connectivity index (χ2v) is 3.46. The third kappa shape index (κ3) is 2.11. The molecule has 0 unspecified atom stereocenters. The highest BCUT2D eigenvalue weighted by molar-refractivity contribution is 5.83. The lowest BCUT2D eigenvalue weighted by molar-refractivity contribution is -0.141. The molecule has 0 saturated carbocycles. The van der Waals surface area contributed by atoms with Crippen LogP contribution in [-0.4, -0.2) is 12.1 Å². The Morgan fingerprint density at radius 2 is 1.94 bits per heavy atom. The van der Waals surface area contributed by atoms with Gasteiger partial charge in [0.15, 0.2) is 0 Å². The van der Waals surface area contributed by atoms with Gasteiger partial charge in [-0.05, 0) is 29.7 Å². The molecule has 0 aliphatic carbocycles. The fourth-order valence-corrected chi connectivity index (χ4v) is 1.53. The van der Waals surface area contributed by atoms with E-state index < -0.39 is 17.4 Å². The Kier molecular flexibility index (Phi) is 2.57. The van der Waals surface area contributed by atoms with Crippen LogP contribution in [0.25, 0.3) is 10.8 Å². The highest BCUT2D eigenvalue weighted by Crippen LogP contribution is 2.29. The van der Waals surface area contributed by atoms with Gasteiger partial charge in [0.25, 0.3) is 5.56 Å². The molecule has 1 aromatic carbocycles. The van der Waals surface area contributed by atoms with E-state index in [1.807, 2.05) is 0 Å². The van der Waals surface area contributed by atoms with Crippen molar-refractivity contribution in [3.63, 3.8) is 0 Å². The van der Waals surface area contributed by atoms with Gasteiger partial charge < -0.3 is 9.72 Å². The number of alkyl halides is 3. The zero-order valence-electron chi connectivity index (χ0n) is 8.76. The topological polar surface area (TPSA) is 42.1 Å². The van der Waals surface area contributed by atoms with Crippen LogP contribution in [-0.2, 0) is 6.18 Å². The number of H-pyrrole nitrogens is 1. The summed E-state index contributed by atoms with van der Waals surface area (Å²) in [5.74, 6) is 0.399. The Balaban J connectivity index is 2.75. The third-order valence-electron chi connectivity index (χ3n) is 2.36. The highest BCUT2D eigenvalue weighted by Gasteiger charge is 2.32. The van der Waals surface area contributed by atoms with Gasteiger partial charge in [-0.3, -0.25) is 4.79 Å². The van der Waals surface area contributed by atoms with E-state index in [4.69, 9.17) is 4.74 Å². The summed E-state index contributed by atoms with van der Waals surface area (Å²) in [5.41, 5.74) is -1.83. The summed E-state index contributed by atoms with van der Waals surface area (Å²) in [6.45, 7) is 0. The van der Waals surface area contributed by atoms with Crippen LogP contribution >= 0.6 is 0 Å². The van der Waals surface area contributed by atoms with E-state index in [0.717, 1.165) is 6.07 Å². The van der Waals surface area contributed by atoms with E-state index >= 15 is 0 Å². The molecule has 0 bridgehead atoms. The number of hydrogen-bond donors (Lipinski definition) is 1. The predicted molar refractivity (Wildman–Crippen MR) is 56.1 cm³/mol. The molecule has 0 aliphatic rings. The monoisotopic (exact) mass is 243 g/mol. The fourth-order valence-electron chi connectivity index (χ4n) is 1.53. The standard InChI is InChI=1S/C11H8F3NO2/c1-17-7-2-3-8-6(4-7)5-9(11(12,13)14)15-10(8)16/h2-5H,1H3,(H,15,16). The maximum absolute atomic E-state index is 12.5. The van der Waals surface area contributed by atoms with E-state index in [9.17, 15) is 18.0 Å². The number of halogens is 3. The van der Waals surface area contributed by atoms with Gasteiger partial charge in [-0.15, -0.1) is 0 Å². The molecule has 90 valence electrons. The largest absolute Gasteiger partial charge is 0.497 e. The van der Waals surface area contributed by atoms with Gasteiger partial charge in [-0.2, -0.15) is 13.2 Å². The zero-order chi connectivity index (χ0) is 12.6. The van der Waals surface area contributed by atoms with Crippen LogP contribution in [0.15, 0.2) is 29.1 Å². The Labute approximate surface area is 93.8 Å². The molecule has 1 N–H and O–H groups in total. The van der Waals surface area contributed by atoms with Crippen molar-refractivity contribution in [3.05, 3.63) is 40.3 Å². The number of hydrogen-bond acceptors (Lipinski definition) is 2. The summed E-state index contributed by atoms with van der Waals surface area (Å²) in [4.78, 5) is 13.3. The van der Waals surface area contributed by atoms with Crippen LogP contribution in [0.3, 0.4) is 0 Å². The minimum Gasteiger partial charge on any atom is -0.497 e. The fraction of sp³-hybridized carbons (Fsp3) is 0.182. The Morgan fingerprint density at radius 1 is 1.24 bits per heavy atom. The van der Waals surface area contributed by atoms with Crippen molar-refractivity contribution in [1.29, 1.82) is 0 Å². The average Bonchev–Trinajstić information content (AvgIpc) is 2.27. The number of ether oxygens (including phenoxy) is 1. The molecule has 2 aromatic rings. The van der Waals surface area contributed by atoms with Crippen LogP contribution in [0, 0.1) is 0 Å². The molecule has 0 saturated heterocycles. The van der Waals surface area contributed by atoms with E-state index in [-0.39, 0.29) is 10.8 Å². The lowest BCUT2D eigenvalue weighted by Crippen LogP contribution is -2.16. The predicted octanol–water partition coefficient (Wildman–Crippen LogP) is 2.56. The Bertz CT molecular complexity index is 616. The molecule has 0 atom stereocenters. The van der Waals surface area contributed by atoms with Crippen molar-refractivity contribution in [3.8, 4) is 5.75 Å². The molecule has 0 fully saturated rings. The van der Waals surface area contributed by atoms with Crippen molar-refractivity contribution in [2.45, 2.75) is 6.18 Å². The van der Waals surface area contributed by atoms with E-state index in [1.54, 1.807) is 4.98 Å². The maximum Gasteiger partial charge on any atom is 0.431 e. The number of rotatable bonds is 1. The first-order valence-corrected chi connectivity index (χ1v) is 4.70. The molecule has 0 spiro atoms. The average molecular weight is 243 g/mol. The Hall–Kier alpha value is -1.98. The molecule has 0 radical (unpaired) electrons. The number of aromatic amines is 1. The smallest absolute Gasteiger partial charge is 0.431 e. The van der Waals surface area contributed by atoms with Crippen molar-refractivity contribution in [1.82, 2.24) is 4.98 Å². The molecule has 6 heteroatoms. The normalized spacial score (nSPS) is 11.8. The molecule has 1 aromatic heterocycles. The zero-order valence-corrected chi connectivity index (χ0v) is 8.76. The lowest BCUT2D eigenvalue weighted by atomic mass is 10.1. The van der Waals surface area contributed by atoms with Crippen molar-refractivity contribution in [2.75, 3.05) is 7.11 Å². The number of aromatic nitrogens is 1. The molecule has 17 heavy (non-hydrogen) atoms.